The number of nitrogens with one attached hydrogen (secondary N) is 1. The Morgan fingerprint density at radius 2 is 2.05 bits per heavy atom. The van der Waals surface area contributed by atoms with E-state index in [1.807, 2.05) is 6.92 Å². The Kier molecular flexibility index (Phi) is 3.61. The second kappa shape index (κ2) is 5.49. The number of hydrogen-bond acceptors (Lipinski definition) is 5. The Balaban J connectivity index is 1.33. The van der Waals surface area contributed by atoms with Crippen molar-refractivity contribution < 1.29 is 4.79 Å². The third-order valence-electron chi connectivity index (χ3n) is 5.56. The van der Waals surface area contributed by atoms with Gasteiger partial charge >= 0.3 is 0 Å². The first-order valence-electron chi connectivity index (χ1n) is 8.35. The van der Waals surface area contributed by atoms with E-state index in [0.29, 0.717) is 17.2 Å². The molecule has 3 heterocycles. The standard InChI is InChI=1S/C16H24N4OS/c1-12-11-22-15(18-12)20-8-6-19(7-9-20)14(21)13-10-16(13)2-4-17-5-3-16/h11,13,17H,2-10H2,1H3. The molecule has 5 nitrogen and oxygen atoms in total. The molecule has 22 heavy (non-hydrogen) atoms. The van der Waals surface area contributed by atoms with Crippen molar-refractivity contribution in [2.75, 3.05) is 44.2 Å². The highest BCUT2D eigenvalue weighted by molar-refractivity contribution is 7.13. The van der Waals surface area contributed by atoms with Crippen molar-refractivity contribution in [1.82, 2.24) is 15.2 Å². The van der Waals surface area contributed by atoms with Gasteiger partial charge in [0.1, 0.15) is 0 Å². The number of carbonyl (C=O) groups is 1. The predicted molar refractivity (Wildman–Crippen MR) is 88.3 cm³/mol. The zero-order valence-corrected chi connectivity index (χ0v) is 14.0. The van der Waals surface area contributed by atoms with E-state index in [4.69, 9.17) is 0 Å². The molecule has 1 amide bonds. The molecule has 1 aromatic heterocycles. The van der Waals surface area contributed by atoms with E-state index in [1.54, 1.807) is 11.3 Å². The number of aromatic nitrogens is 1. The number of rotatable bonds is 2. The van der Waals surface area contributed by atoms with Gasteiger partial charge in [-0.3, -0.25) is 4.79 Å². The number of amides is 1. The first-order chi connectivity index (χ1) is 10.7. The molecule has 4 rings (SSSR count). The number of anilines is 1. The highest BCUT2D eigenvalue weighted by atomic mass is 32.1. The zero-order chi connectivity index (χ0) is 15.2. The largest absolute Gasteiger partial charge is 0.345 e. The van der Waals surface area contributed by atoms with Gasteiger partial charge in [-0.2, -0.15) is 0 Å². The van der Waals surface area contributed by atoms with Gasteiger partial charge in [-0.25, -0.2) is 4.98 Å². The maximum Gasteiger partial charge on any atom is 0.226 e. The van der Waals surface area contributed by atoms with Crippen LogP contribution in [0.2, 0.25) is 0 Å². The highest BCUT2D eigenvalue weighted by Gasteiger charge is 2.58. The average molecular weight is 320 g/mol. The Hall–Kier alpha value is -1.14. The maximum absolute atomic E-state index is 12.8. The summed E-state index contributed by atoms with van der Waals surface area (Å²) in [5.41, 5.74) is 1.44. The molecule has 0 radical (unpaired) electrons. The summed E-state index contributed by atoms with van der Waals surface area (Å²) in [4.78, 5) is 21.7. The molecule has 1 saturated carbocycles. The van der Waals surface area contributed by atoms with E-state index in [-0.39, 0.29) is 0 Å². The predicted octanol–water partition coefficient (Wildman–Crippen LogP) is 1.49. The van der Waals surface area contributed by atoms with E-state index in [0.717, 1.165) is 56.5 Å². The van der Waals surface area contributed by atoms with Gasteiger partial charge in [0.05, 0.1) is 5.69 Å². The summed E-state index contributed by atoms with van der Waals surface area (Å²) in [6, 6.07) is 0. The third kappa shape index (κ3) is 2.52. The summed E-state index contributed by atoms with van der Waals surface area (Å²) >= 11 is 1.71. The van der Waals surface area contributed by atoms with Gasteiger partial charge in [0.2, 0.25) is 5.91 Å². The van der Waals surface area contributed by atoms with Gasteiger partial charge in [0, 0.05) is 37.5 Å². The first kappa shape index (κ1) is 14.5. The van der Waals surface area contributed by atoms with Crippen molar-refractivity contribution in [1.29, 1.82) is 0 Å². The molecule has 3 aliphatic rings. The molecule has 1 spiro atoms. The topological polar surface area (TPSA) is 48.5 Å². The van der Waals surface area contributed by atoms with Crippen LogP contribution in [0.1, 0.15) is 25.0 Å². The number of carbonyl (C=O) groups excluding carboxylic acids is 1. The van der Waals surface area contributed by atoms with Crippen LogP contribution in [0.3, 0.4) is 0 Å². The molecular formula is C16H24N4OS. The summed E-state index contributed by atoms with van der Waals surface area (Å²) in [6.07, 6.45) is 3.49. The molecule has 0 aromatic carbocycles. The molecule has 2 aliphatic heterocycles. The summed E-state index contributed by atoms with van der Waals surface area (Å²) in [6.45, 7) is 7.73. The number of piperidine rings is 1. The fraction of sp³-hybridized carbons (Fsp3) is 0.750. The van der Waals surface area contributed by atoms with Crippen LogP contribution in [0.15, 0.2) is 5.38 Å². The Morgan fingerprint density at radius 1 is 1.32 bits per heavy atom. The van der Waals surface area contributed by atoms with Crippen molar-refractivity contribution in [3.05, 3.63) is 11.1 Å². The lowest BCUT2D eigenvalue weighted by atomic mass is 9.91. The van der Waals surface area contributed by atoms with Crippen molar-refractivity contribution >= 4 is 22.4 Å². The Morgan fingerprint density at radius 3 is 2.68 bits per heavy atom. The number of hydrogen-bond donors (Lipinski definition) is 1. The van der Waals surface area contributed by atoms with E-state index in [2.05, 4.69) is 25.5 Å². The van der Waals surface area contributed by atoms with Gasteiger partial charge in [0.25, 0.3) is 0 Å². The minimum atomic E-state index is 0.309. The molecule has 3 fully saturated rings. The van der Waals surface area contributed by atoms with Crippen LogP contribution in [0.25, 0.3) is 0 Å². The van der Waals surface area contributed by atoms with Gasteiger partial charge in [-0.05, 0) is 44.7 Å². The van der Waals surface area contributed by atoms with Gasteiger partial charge < -0.3 is 15.1 Å². The number of thiazole rings is 1. The quantitative estimate of drug-likeness (QED) is 0.897. The molecule has 2 saturated heterocycles. The normalized spacial score (nSPS) is 27.2. The van der Waals surface area contributed by atoms with Crippen LogP contribution >= 0.6 is 11.3 Å². The van der Waals surface area contributed by atoms with Crippen LogP contribution in [-0.2, 0) is 4.79 Å². The van der Waals surface area contributed by atoms with Crippen molar-refractivity contribution in [3.8, 4) is 0 Å². The Labute approximate surface area is 135 Å². The van der Waals surface area contributed by atoms with Crippen LogP contribution in [0, 0.1) is 18.3 Å². The fourth-order valence-corrected chi connectivity index (χ4v) is 4.86. The molecule has 120 valence electrons. The minimum absolute atomic E-state index is 0.309. The molecular weight excluding hydrogens is 296 g/mol. The van der Waals surface area contributed by atoms with Crippen LogP contribution in [0.4, 0.5) is 5.13 Å². The summed E-state index contributed by atoms with van der Waals surface area (Å²) < 4.78 is 0. The monoisotopic (exact) mass is 320 g/mol. The fourth-order valence-electron chi connectivity index (χ4n) is 4.00. The zero-order valence-electron chi connectivity index (χ0n) is 13.2. The number of piperazine rings is 1. The molecule has 1 unspecified atom stereocenters. The SMILES string of the molecule is Cc1csc(N2CCN(C(=O)C3CC34CCNCC4)CC2)n1. The highest BCUT2D eigenvalue weighted by Crippen LogP contribution is 2.59. The van der Waals surface area contributed by atoms with E-state index in [9.17, 15) is 4.79 Å². The van der Waals surface area contributed by atoms with Crippen molar-refractivity contribution in [2.45, 2.75) is 26.2 Å². The third-order valence-corrected chi connectivity index (χ3v) is 6.58. The number of nitrogens with zero attached hydrogens (tertiary/aromatic N) is 3. The molecule has 1 aromatic rings. The smallest absolute Gasteiger partial charge is 0.226 e. The van der Waals surface area contributed by atoms with Crippen LogP contribution in [-0.4, -0.2) is 55.1 Å². The average Bonchev–Trinajstić information content (AvgIpc) is 3.05. The van der Waals surface area contributed by atoms with Gasteiger partial charge in [0.15, 0.2) is 5.13 Å². The van der Waals surface area contributed by atoms with Crippen LogP contribution < -0.4 is 10.2 Å². The second-order valence-corrected chi connectivity index (χ2v) is 7.79. The summed E-state index contributed by atoms with van der Waals surface area (Å²) in [5, 5.41) is 6.61. The lowest BCUT2D eigenvalue weighted by Crippen LogP contribution is -2.49. The first-order valence-corrected chi connectivity index (χ1v) is 9.22. The molecule has 1 aliphatic carbocycles. The van der Waals surface area contributed by atoms with E-state index in [1.165, 1.54) is 12.8 Å². The lowest BCUT2D eigenvalue weighted by molar-refractivity contribution is -0.133. The maximum atomic E-state index is 12.8. The van der Waals surface area contributed by atoms with Crippen molar-refractivity contribution in [3.63, 3.8) is 0 Å². The van der Waals surface area contributed by atoms with Crippen molar-refractivity contribution in [2.24, 2.45) is 11.3 Å². The van der Waals surface area contributed by atoms with Gasteiger partial charge in [-0.15, -0.1) is 11.3 Å². The summed E-state index contributed by atoms with van der Waals surface area (Å²) in [7, 11) is 0. The van der Waals surface area contributed by atoms with Crippen LogP contribution in [0.5, 0.6) is 0 Å². The number of aryl methyl sites for hydroxylation is 1. The summed E-state index contributed by atoms with van der Waals surface area (Å²) in [5.74, 6) is 0.722. The van der Waals surface area contributed by atoms with Gasteiger partial charge in [-0.1, -0.05) is 0 Å². The molecule has 0 bridgehead atoms. The second-order valence-electron chi connectivity index (χ2n) is 6.95. The molecule has 6 heteroatoms. The minimum Gasteiger partial charge on any atom is -0.345 e. The van der Waals surface area contributed by atoms with E-state index >= 15 is 0 Å². The molecule has 1 atom stereocenters. The van der Waals surface area contributed by atoms with E-state index < -0.39 is 0 Å². The lowest BCUT2D eigenvalue weighted by Gasteiger charge is -2.35. The molecule has 1 N–H and O–H groups in total. The Bertz CT molecular complexity index is 558.